The Bertz CT molecular complexity index is 1130. The molecule has 0 fully saturated rings. The first-order valence-electron chi connectivity index (χ1n) is 9.84. The first kappa shape index (κ1) is 31.1. The molecule has 0 aliphatic carbocycles. The van der Waals surface area contributed by atoms with E-state index < -0.39 is 73.9 Å². The Kier molecular flexibility index (Phi) is 8.62. The third-order valence-electron chi connectivity index (χ3n) is 4.32. The lowest BCUT2D eigenvalue weighted by molar-refractivity contribution is -0.756. The predicted octanol–water partition coefficient (Wildman–Crippen LogP) is 5.95. The second-order valence-corrected chi connectivity index (χ2v) is 10.9. The number of fused-ring (bicyclic) bond motifs is 1. The Hall–Kier alpha value is -3.16. The maximum absolute atomic E-state index is 13.5. The maximum Gasteiger partial charge on any atom is 0.511 e. The molecule has 1 heterocycles. The van der Waals surface area contributed by atoms with E-state index >= 15 is 0 Å². The fraction of sp³-hybridized carbons (Fsp3) is 0.444. The van der Waals surface area contributed by atoms with Gasteiger partial charge in [0.25, 0.3) is 5.09 Å². The largest absolute Gasteiger partial charge is 0.511 e. The number of thioether (sulfide) groups is 1. The van der Waals surface area contributed by atoms with Crippen LogP contribution in [0.15, 0.2) is 22.6 Å². The van der Waals surface area contributed by atoms with E-state index in [0.29, 0.717) is 0 Å². The molecule has 0 unspecified atom stereocenters. The van der Waals surface area contributed by atoms with Crippen LogP contribution in [0.3, 0.4) is 0 Å². The highest BCUT2D eigenvalue weighted by Gasteiger charge is 2.65. The topological polar surface area (TPSA) is 123 Å². The number of carbonyl (C=O) groups excluding carboxylic acids is 2. The number of hydrogen-bond donors (Lipinski definition) is 0. The minimum absolute atomic E-state index is 0.0661. The van der Waals surface area contributed by atoms with Crippen molar-refractivity contribution in [3.05, 3.63) is 38.9 Å². The highest BCUT2D eigenvalue weighted by Crippen LogP contribution is 3.02. The summed E-state index contributed by atoms with van der Waals surface area (Å²) in [6.45, 7) is -0.951. The Morgan fingerprint density at radius 3 is 2.29 bits per heavy atom. The summed E-state index contributed by atoms with van der Waals surface area (Å²) in [6.07, 6.45) is -9.47. The van der Waals surface area contributed by atoms with Crippen molar-refractivity contribution in [1.82, 2.24) is 0 Å². The highest BCUT2D eigenvalue weighted by molar-refractivity contribution is 8.45. The Morgan fingerprint density at radius 1 is 1.08 bits per heavy atom. The lowest BCUT2D eigenvalue weighted by Gasteiger charge is -2.41. The van der Waals surface area contributed by atoms with Crippen molar-refractivity contribution in [3.8, 4) is 5.75 Å². The zero-order valence-electron chi connectivity index (χ0n) is 18.8. The third kappa shape index (κ3) is 8.99. The summed E-state index contributed by atoms with van der Waals surface area (Å²) in [6, 6.07) is -0.220. The van der Waals surface area contributed by atoms with Gasteiger partial charge in [0.15, 0.2) is 0 Å². The van der Waals surface area contributed by atoms with Crippen LogP contribution in [-0.4, -0.2) is 61.0 Å². The van der Waals surface area contributed by atoms with Gasteiger partial charge in [-0.2, -0.15) is 24.9 Å². The molecule has 1 aliphatic rings. The van der Waals surface area contributed by atoms with Crippen LogP contribution >= 0.6 is 22.0 Å². The van der Waals surface area contributed by atoms with E-state index in [1.54, 1.807) is 0 Å². The van der Waals surface area contributed by atoms with Crippen LogP contribution in [-0.2, 0) is 23.8 Å². The first-order chi connectivity index (χ1) is 17.2. The second kappa shape index (κ2) is 10.5. The third-order valence-corrected chi connectivity index (χ3v) is 6.36. The number of alkyl halides is 3. The van der Waals surface area contributed by atoms with Crippen LogP contribution in [0.5, 0.6) is 5.75 Å². The number of aryl methyl sites for hydroxylation is 1. The molecular weight excluding hydrogens is 590 g/mol. The summed E-state index contributed by atoms with van der Waals surface area (Å²) in [5.41, 5.74) is -2.98. The lowest BCUT2D eigenvalue weighted by atomic mass is 9.99. The molecule has 10 nitrogen and oxygen atoms in total. The van der Waals surface area contributed by atoms with Crippen molar-refractivity contribution >= 4 is 40.2 Å². The molecular formula is C18H17F8NO9S2. The van der Waals surface area contributed by atoms with Crippen LogP contribution in [0.1, 0.15) is 11.1 Å². The van der Waals surface area contributed by atoms with Gasteiger partial charge in [-0.1, -0.05) is 19.4 Å². The van der Waals surface area contributed by atoms with E-state index in [1.165, 1.54) is 0 Å². The zero-order valence-corrected chi connectivity index (χ0v) is 20.4. The molecule has 0 amide bonds. The number of esters is 1. The lowest BCUT2D eigenvalue weighted by Crippen LogP contribution is -2.41. The molecule has 20 heteroatoms. The molecule has 0 spiro atoms. The molecule has 0 radical (unpaired) electrons. The van der Waals surface area contributed by atoms with Gasteiger partial charge in [0.1, 0.15) is 23.9 Å². The zero-order chi connectivity index (χ0) is 29.0. The monoisotopic (exact) mass is 607 g/mol. The summed E-state index contributed by atoms with van der Waals surface area (Å²) in [4.78, 5) is 35.2. The molecule has 1 aromatic carbocycles. The van der Waals surface area contributed by atoms with Crippen LogP contribution in [0.4, 0.5) is 37.4 Å². The van der Waals surface area contributed by atoms with Gasteiger partial charge < -0.3 is 23.8 Å². The van der Waals surface area contributed by atoms with Crippen LogP contribution < -0.4 is 4.74 Å². The van der Waals surface area contributed by atoms with Gasteiger partial charge in [-0.3, -0.25) is 0 Å². The van der Waals surface area contributed by atoms with Gasteiger partial charge >= 0.3 is 28.5 Å². The van der Waals surface area contributed by atoms with Crippen molar-refractivity contribution in [3.63, 3.8) is 0 Å². The molecule has 38 heavy (non-hydrogen) atoms. The van der Waals surface area contributed by atoms with Crippen LogP contribution in [0.2, 0.25) is 0 Å². The standard InChI is InChI=1S/C18H17F8NO9S2/c1-10-6-12(38(22,23,24,25)26)7-11-8-13(15(18(19,20)21)36-14(10)11)16(28)33-9-34-17(29)32-2-4-37-5-3-35-27(30)31/h6-8,15H,2-5,9H2,1H3/t15-/m0/s1. The molecule has 216 valence electrons. The van der Waals surface area contributed by atoms with Gasteiger partial charge in [0.05, 0.1) is 5.57 Å². The molecule has 0 saturated carbocycles. The van der Waals surface area contributed by atoms with Gasteiger partial charge in [-0.05, 0) is 30.7 Å². The molecule has 0 aromatic heterocycles. The van der Waals surface area contributed by atoms with E-state index in [1.807, 2.05) is 0 Å². The number of benzene rings is 1. The van der Waals surface area contributed by atoms with E-state index in [9.17, 15) is 52.3 Å². The quantitative estimate of drug-likeness (QED) is 0.0744. The Morgan fingerprint density at radius 2 is 1.71 bits per heavy atom. The number of nitrogens with zero attached hydrogens (tertiary/aromatic N) is 1. The maximum atomic E-state index is 13.5. The van der Waals surface area contributed by atoms with E-state index in [4.69, 9.17) is 0 Å². The van der Waals surface area contributed by atoms with E-state index in [0.717, 1.165) is 18.7 Å². The first-order valence-corrected chi connectivity index (χ1v) is 12.9. The van der Waals surface area contributed by atoms with Gasteiger partial charge in [-0.15, -0.1) is 10.1 Å². The number of hydrogen-bond acceptors (Lipinski definition) is 10. The average Bonchev–Trinajstić information content (AvgIpc) is 2.75. The summed E-state index contributed by atoms with van der Waals surface area (Å²) < 4.78 is 125. The Balaban J connectivity index is 2.06. The SMILES string of the molecule is Cc1cc(S(F)(F)(F)(F)F)cc2c1O[C@H](C(F)(F)F)C(C(=O)OCOC(=O)OCCSCCO[N+](=O)[O-])=C2. The Labute approximate surface area is 212 Å². The van der Waals surface area contributed by atoms with Gasteiger partial charge in [0.2, 0.25) is 12.9 Å². The summed E-state index contributed by atoms with van der Waals surface area (Å²) in [7, 11) is -10.2. The normalized spacial score (nSPS) is 17.1. The van der Waals surface area contributed by atoms with Crippen molar-refractivity contribution in [2.45, 2.75) is 24.1 Å². The predicted molar refractivity (Wildman–Crippen MR) is 115 cm³/mol. The van der Waals surface area contributed by atoms with E-state index in [2.05, 4.69) is 23.8 Å². The van der Waals surface area contributed by atoms with E-state index in [-0.39, 0.29) is 42.9 Å². The minimum atomic E-state index is -10.2. The highest BCUT2D eigenvalue weighted by atomic mass is 32.5. The van der Waals surface area contributed by atoms with Crippen molar-refractivity contribution in [1.29, 1.82) is 0 Å². The molecule has 2 rings (SSSR count). The van der Waals surface area contributed by atoms with Crippen molar-refractivity contribution in [2.75, 3.05) is 31.5 Å². The van der Waals surface area contributed by atoms with Crippen molar-refractivity contribution < 1.29 is 71.1 Å². The van der Waals surface area contributed by atoms with Gasteiger partial charge in [0, 0.05) is 17.1 Å². The number of halogens is 8. The van der Waals surface area contributed by atoms with Crippen LogP contribution in [0, 0.1) is 17.0 Å². The number of carbonyl (C=O) groups is 2. The molecule has 0 saturated heterocycles. The summed E-state index contributed by atoms with van der Waals surface area (Å²) >= 11 is 1.09. The fourth-order valence-corrected chi connectivity index (χ4v) is 4.15. The minimum Gasteiger partial charge on any atom is -0.475 e. The summed E-state index contributed by atoms with van der Waals surface area (Å²) in [5, 5.41) is 8.95. The average molecular weight is 607 g/mol. The molecule has 1 aromatic rings. The van der Waals surface area contributed by atoms with Crippen LogP contribution in [0.25, 0.3) is 6.08 Å². The molecule has 0 bridgehead atoms. The number of rotatable bonds is 11. The van der Waals surface area contributed by atoms with Gasteiger partial charge in [-0.25, -0.2) is 9.59 Å². The molecule has 1 aliphatic heterocycles. The smallest absolute Gasteiger partial charge is 0.475 e. The second-order valence-electron chi connectivity index (χ2n) is 7.23. The molecule has 0 N–H and O–H groups in total. The summed E-state index contributed by atoms with van der Waals surface area (Å²) in [5.74, 6) is -2.31. The molecule has 1 atom stereocenters. The number of ether oxygens (including phenoxy) is 4. The van der Waals surface area contributed by atoms with Crippen molar-refractivity contribution in [2.24, 2.45) is 0 Å². The fourth-order valence-electron chi connectivity index (χ4n) is 2.80.